The second-order valence-electron chi connectivity index (χ2n) is 8.74. The van der Waals surface area contributed by atoms with E-state index in [1.807, 2.05) is 0 Å². The summed E-state index contributed by atoms with van der Waals surface area (Å²) < 4.78 is 10.7. The molecule has 162 valence electrons. The Bertz CT molecular complexity index is 934. The minimum absolute atomic E-state index is 0.00790. The molecule has 1 aliphatic rings. The van der Waals surface area contributed by atoms with Gasteiger partial charge in [-0.05, 0) is 57.9 Å². The molecule has 1 aliphatic carbocycles. The summed E-state index contributed by atoms with van der Waals surface area (Å²) in [6, 6.07) is 6.54. The number of ether oxygens (including phenoxy) is 1. The molecule has 0 aromatic carbocycles. The standard InChI is InChI=1S/C22H29N3O5/c1-21(2,3)30-20(28)25-22(11-5-4-6-12-22)14-23-18(26)15-9-10-16(24-19(15)27)17-8-7-13-29-17/h7-10,13H,4-6,11-12,14H2,1-3H3,(H,23,26)(H,24,27)(H,25,28). The maximum absolute atomic E-state index is 12.7. The fourth-order valence-electron chi connectivity index (χ4n) is 3.67. The van der Waals surface area contributed by atoms with Gasteiger partial charge in [0.05, 0.1) is 17.5 Å². The van der Waals surface area contributed by atoms with Crippen LogP contribution in [0.15, 0.2) is 39.7 Å². The lowest BCUT2D eigenvalue weighted by Crippen LogP contribution is -2.57. The number of amides is 2. The van der Waals surface area contributed by atoms with Gasteiger partial charge in [0, 0.05) is 6.54 Å². The number of hydrogen-bond acceptors (Lipinski definition) is 5. The van der Waals surface area contributed by atoms with Crippen LogP contribution in [-0.2, 0) is 4.74 Å². The lowest BCUT2D eigenvalue weighted by molar-refractivity contribution is 0.0419. The van der Waals surface area contributed by atoms with Crippen LogP contribution in [0, 0.1) is 0 Å². The molecule has 2 amide bonds. The zero-order chi connectivity index (χ0) is 21.8. The smallest absolute Gasteiger partial charge is 0.408 e. The minimum Gasteiger partial charge on any atom is -0.463 e. The summed E-state index contributed by atoms with van der Waals surface area (Å²) in [5, 5.41) is 5.78. The Kier molecular flexibility index (Phi) is 6.34. The van der Waals surface area contributed by atoms with Crippen molar-refractivity contribution in [3.05, 3.63) is 46.4 Å². The average molecular weight is 415 g/mol. The fourth-order valence-corrected chi connectivity index (χ4v) is 3.67. The predicted octanol–water partition coefficient (Wildman–Crippen LogP) is 3.59. The van der Waals surface area contributed by atoms with Crippen molar-refractivity contribution in [2.24, 2.45) is 0 Å². The largest absolute Gasteiger partial charge is 0.463 e. The van der Waals surface area contributed by atoms with Gasteiger partial charge in [-0.15, -0.1) is 0 Å². The molecule has 2 heterocycles. The molecular weight excluding hydrogens is 386 g/mol. The van der Waals surface area contributed by atoms with Crippen LogP contribution in [0.4, 0.5) is 4.79 Å². The molecular formula is C22H29N3O5. The Morgan fingerprint density at radius 2 is 1.90 bits per heavy atom. The Labute approximate surface area is 175 Å². The third-order valence-corrected chi connectivity index (χ3v) is 5.10. The van der Waals surface area contributed by atoms with Crippen molar-refractivity contribution in [3.8, 4) is 11.5 Å². The number of nitrogens with one attached hydrogen (secondary N) is 3. The second-order valence-corrected chi connectivity index (χ2v) is 8.74. The number of H-pyrrole nitrogens is 1. The van der Waals surface area contributed by atoms with Crippen LogP contribution in [0.5, 0.6) is 0 Å². The summed E-state index contributed by atoms with van der Waals surface area (Å²) >= 11 is 0. The first-order chi connectivity index (χ1) is 14.2. The van der Waals surface area contributed by atoms with Crippen molar-refractivity contribution < 1.29 is 18.7 Å². The number of rotatable bonds is 5. The van der Waals surface area contributed by atoms with E-state index < -0.39 is 28.7 Å². The molecule has 3 N–H and O–H groups in total. The predicted molar refractivity (Wildman–Crippen MR) is 112 cm³/mol. The highest BCUT2D eigenvalue weighted by Crippen LogP contribution is 2.28. The van der Waals surface area contributed by atoms with Crippen molar-refractivity contribution in [1.29, 1.82) is 0 Å². The second kappa shape index (κ2) is 8.77. The minimum atomic E-state index is -0.605. The van der Waals surface area contributed by atoms with Crippen molar-refractivity contribution in [1.82, 2.24) is 15.6 Å². The average Bonchev–Trinajstić information content (AvgIpc) is 3.20. The number of carbonyl (C=O) groups is 2. The fraction of sp³-hybridized carbons (Fsp3) is 0.500. The van der Waals surface area contributed by atoms with E-state index in [9.17, 15) is 14.4 Å². The van der Waals surface area contributed by atoms with E-state index in [1.54, 1.807) is 39.0 Å². The third-order valence-electron chi connectivity index (χ3n) is 5.10. The van der Waals surface area contributed by atoms with Gasteiger partial charge in [0.15, 0.2) is 0 Å². The topological polar surface area (TPSA) is 113 Å². The van der Waals surface area contributed by atoms with Gasteiger partial charge >= 0.3 is 6.09 Å². The first kappa shape index (κ1) is 21.7. The molecule has 0 atom stereocenters. The highest BCUT2D eigenvalue weighted by molar-refractivity contribution is 5.94. The number of carbonyl (C=O) groups excluding carboxylic acids is 2. The first-order valence-corrected chi connectivity index (χ1v) is 10.2. The summed E-state index contributed by atoms with van der Waals surface area (Å²) in [5.41, 5.74) is -1.19. The zero-order valence-electron chi connectivity index (χ0n) is 17.7. The van der Waals surface area contributed by atoms with Crippen LogP contribution < -0.4 is 16.2 Å². The number of pyridine rings is 1. The maximum Gasteiger partial charge on any atom is 0.408 e. The highest BCUT2D eigenvalue weighted by Gasteiger charge is 2.35. The summed E-state index contributed by atoms with van der Waals surface area (Å²) in [6.45, 7) is 5.64. The molecule has 1 saturated carbocycles. The zero-order valence-corrected chi connectivity index (χ0v) is 17.7. The van der Waals surface area contributed by atoms with E-state index in [0.717, 1.165) is 32.1 Å². The Balaban J connectivity index is 1.68. The summed E-state index contributed by atoms with van der Waals surface area (Å²) in [4.78, 5) is 40.1. The van der Waals surface area contributed by atoms with E-state index in [1.165, 1.54) is 12.3 Å². The molecule has 0 saturated heterocycles. The monoisotopic (exact) mass is 415 g/mol. The molecule has 8 nitrogen and oxygen atoms in total. The SMILES string of the molecule is CC(C)(C)OC(=O)NC1(CNC(=O)c2ccc(-c3ccco3)[nH]c2=O)CCCCC1. The Morgan fingerprint density at radius 1 is 1.17 bits per heavy atom. The van der Waals surface area contributed by atoms with Crippen molar-refractivity contribution in [3.63, 3.8) is 0 Å². The third kappa shape index (κ3) is 5.52. The van der Waals surface area contributed by atoms with Crippen LogP contribution >= 0.6 is 0 Å². The van der Waals surface area contributed by atoms with Gasteiger partial charge < -0.3 is 24.8 Å². The van der Waals surface area contributed by atoms with E-state index in [0.29, 0.717) is 11.5 Å². The van der Waals surface area contributed by atoms with Crippen LogP contribution in [0.3, 0.4) is 0 Å². The Hall–Kier alpha value is -3.03. The van der Waals surface area contributed by atoms with Crippen molar-refractivity contribution in [2.75, 3.05) is 6.54 Å². The molecule has 2 aromatic rings. The molecule has 1 fully saturated rings. The van der Waals surface area contributed by atoms with Gasteiger partial charge in [-0.3, -0.25) is 9.59 Å². The van der Waals surface area contributed by atoms with Crippen molar-refractivity contribution >= 4 is 12.0 Å². The number of hydrogen-bond donors (Lipinski definition) is 3. The van der Waals surface area contributed by atoms with E-state index in [4.69, 9.17) is 9.15 Å². The van der Waals surface area contributed by atoms with Crippen LogP contribution in [0.25, 0.3) is 11.5 Å². The molecule has 8 heteroatoms. The van der Waals surface area contributed by atoms with Crippen molar-refractivity contribution in [2.45, 2.75) is 64.0 Å². The Morgan fingerprint density at radius 3 is 2.50 bits per heavy atom. The quantitative estimate of drug-likeness (QED) is 0.691. The number of alkyl carbamates (subject to hydrolysis) is 1. The van der Waals surface area contributed by atoms with Gasteiger partial charge in [-0.2, -0.15) is 0 Å². The van der Waals surface area contributed by atoms with Crippen LogP contribution in [0.1, 0.15) is 63.2 Å². The molecule has 3 rings (SSSR count). The van der Waals surface area contributed by atoms with Gasteiger partial charge in [-0.25, -0.2) is 4.79 Å². The lowest BCUT2D eigenvalue weighted by atomic mass is 9.81. The van der Waals surface area contributed by atoms with E-state index >= 15 is 0 Å². The molecule has 2 aromatic heterocycles. The summed E-state index contributed by atoms with van der Waals surface area (Å²) in [5.74, 6) is 0.0277. The lowest BCUT2D eigenvalue weighted by Gasteiger charge is -2.38. The normalized spacial score (nSPS) is 16.0. The van der Waals surface area contributed by atoms with Gasteiger partial charge in [0.25, 0.3) is 11.5 Å². The molecule has 0 radical (unpaired) electrons. The molecule has 0 aliphatic heterocycles. The molecule has 0 unspecified atom stereocenters. The highest BCUT2D eigenvalue weighted by atomic mass is 16.6. The number of aromatic nitrogens is 1. The van der Waals surface area contributed by atoms with Gasteiger partial charge in [0.1, 0.15) is 16.9 Å². The molecule has 30 heavy (non-hydrogen) atoms. The van der Waals surface area contributed by atoms with Crippen LogP contribution in [0.2, 0.25) is 0 Å². The summed E-state index contributed by atoms with van der Waals surface area (Å²) in [7, 11) is 0. The van der Waals surface area contributed by atoms with Gasteiger partial charge in [0.2, 0.25) is 0 Å². The summed E-state index contributed by atoms with van der Waals surface area (Å²) in [6.07, 6.45) is 5.46. The molecule has 0 spiro atoms. The van der Waals surface area contributed by atoms with Crippen LogP contribution in [-0.4, -0.2) is 34.7 Å². The number of furan rings is 1. The molecule has 0 bridgehead atoms. The van der Waals surface area contributed by atoms with E-state index in [2.05, 4.69) is 15.6 Å². The number of aromatic amines is 1. The van der Waals surface area contributed by atoms with E-state index in [-0.39, 0.29) is 12.1 Å². The maximum atomic E-state index is 12.7. The van der Waals surface area contributed by atoms with Gasteiger partial charge in [-0.1, -0.05) is 19.3 Å². The first-order valence-electron chi connectivity index (χ1n) is 10.2.